The van der Waals surface area contributed by atoms with Crippen molar-refractivity contribution >= 4 is 51.7 Å². The Balaban J connectivity index is 1.77. The first-order chi connectivity index (χ1) is 14.1. The number of thiazole rings is 1. The quantitative estimate of drug-likeness (QED) is 0.436. The Morgan fingerprint density at radius 3 is 2.43 bits per heavy atom. The number of thioether (sulfide) groups is 1. The molecule has 0 fully saturated rings. The van der Waals surface area contributed by atoms with Crippen LogP contribution < -0.4 is 10.6 Å². The van der Waals surface area contributed by atoms with Crippen LogP contribution in [0.4, 0.5) is 10.8 Å². The number of hydrogen-bond donors (Lipinski definition) is 2. The van der Waals surface area contributed by atoms with E-state index in [2.05, 4.69) is 15.6 Å². The van der Waals surface area contributed by atoms with Gasteiger partial charge in [-0.1, -0.05) is 20.8 Å². The van der Waals surface area contributed by atoms with Gasteiger partial charge in [-0.15, -0.1) is 23.1 Å². The largest absolute Gasteiger partial charge is 0.466 e. The van der Waals surface area contributed by atoms with Gasteiger partial charge in [0.05, 0.1) is 24.5 Å². The Bertz CT molecular complexity index is 873. The molecule has 0 aliphatic carbocycles. The zero-order valence-corrected chi connectivity index (χ0v) is 19.2. The van der Waals surface area contributed by atoms with Gasteiger partial charge < -0.3 is 15.4 Å². The molecule has 1 heterocycles. The SMILES string of the molecule is CCOC(=O)Cc1csc(NC(=O)CSc2ccc(NC(=O)CC(C)(C)C)cc2)n1. The maximum Gasteiger partial charge on any atom is 0.311 e. The summed E-state index contributed by atoms with van der Waals surface area (Å²) in [5, 5.41) is 7.80. The molecule has 2 aromatic rings. The minimum atomic E-state index is -0.339. The number of anilines is 2. The predicted molar refractivity (Wildman–Crippen MR) is 121 cm³/mol. The minimum Gasteiger partial charge on any atom is -0.466 e. The lowest BCUT2D eigenvalue weighted by Gasteiger charge is -2.17. The monoisotopic (exact) mass is 449 g/mol. The van der Waals surface area contributed by atoms with Crippen molar-refractivity contribution in [3.05, 3.63) is 35.3 Å². The lowest BCUT2D eigenvalue weighted by Crippen LogP contribution is -2.19. The van der Waals surface area contributed by atoms with Gasteiger partial charge in [-0.2, -0.15) is 0 Å². The van der Waals surface area contributed by atoms with Gasteiger partial charge in [-0.05, 0) is 36.6 Å². The van der Waals surface area contributed by atoms with Gasteiger partial charge in [0.15, 0.2) is 5.13 Å². The number of esters is 1. The molecule has 0 radical (unpaired) electrons. The van der Waals surface area contributed by atoms with Crippen LogP contribution in [0.5, 0.6) is 0 Å². The normalized spacial score (nSPS) is 11.1. The third kappa shape index (κ3) is 8.96. The van der Waals surface area contributed by atoms with Crippen LogP contribution in [0.15, 0.2) is 34.5 Å². The Hall–Kier alpha value is -2.39. The molecule has 2 amide bonds. The summed E-state index contributed by atoms with van der Waals surface area (Å²) in [6, 6.07) is 7.38. The fourth-order valence-electron chi connectivity index (χ4n) is 2.43. The number of benzene rings is 1. The fourth-order valence-corrected chi connectivity index (χ4v) is 3.86. The number of carbonyl (C=O) groups is 3. The number of rotatable bonds is 9. The Morgan fingerprint density at radius 2 is 1.80 bits per heavy atom. The van der Waals surface area contributed by atoms with E-state index in [9.17, 15) is 14.4 Å². The lowest BCUT2D eigenvalue weighted by molar-refractivity contribution is -0.142. The molecular weight excluding hydrogens is 422 g/mol. The van der Waals surface area contributed by atoms with Gasteiger partial charge in [-0.25, -0.2) is 4.98 Å². The van der Waals surface area contributed by atoms with E-state index in [1.807, 2.05) is 45.0 Å². The van der Waals surface area contributed by atoms with Crippen molar-refractivity contribution in [3.63, 3.8) is 0 Å². The van der Waals surface area contributed by atoms with Crippen LogP contribution in [0, 0.1) is 5.41 Å². The highest BCUT2D eigenvalue weighted by atomic mass is 32.2. The summed E-state index contributed by atoms with van der Waals surface area (Å²) in [7, 11) is 0. The van der Waals surface area contributed by atoms with Crippen molar-refractivity contribution in [3.8, 4) is 0 Å². The van der Waals surface area contributed by atoms with Gasteiger partial charge in [0.1, 0.15) is 0 Å². The predicted octanol–water partition coefficient (Wildman–Crippen LogP) is 4.35. The van der Waals surface area contributed by atoms with Gasteiger partial charge in [-0.3, -0.25) is 14.4 Å². The fraction of sp³-hybridized carbons (Fsp3) is 0.429. The van der Waals surface area contributed by atoms with E-state index in [1.165, 1.54) is 23.1 Å². The number of aromatic nitrogens is 1. The van der Waals surface area contributed by atoms with E-state index < -0.39 is 0 Å². The van der Waals surface area contributed by atoms with Gasteiger partial charge in [0.25, 0.3) is 0 Å². The smallest absolute Gasteiger partial charge is 0.311 e. The maximum atomic E-state index is 12.2. The van der Waals surface area contributed by atoms with Crippen molar-refractivity contribution in [1.29, 1.82) is 0 Å². The molecule has 7 nitrogen and oxygen atoms in total. The maximum absolute atomic E-state index is 12.2. The van der Waals surface area contributed by atoms with Crippen LogP contribution in [0.25, 0.3) is 0 Å². The summed E-state index contributed by atoms with van der Waals surface area (Å²) >= 11 is 2.66. The third-order valence-corrected chi connectivity index (χ3v) is 5.45. The van der Waals surface area contributed by atoms with Crippen molar-refractivity contribution < 1.29 is 19.1 Å². The number of carbonyl (C=O) groups excluding carboxylic acids is 3. The second kappa shape index (κ2) is 11.1. The zero-order chi connectivity index (χ0) is 22.1. The Labute approximate surface area is 185 Å². The Morgan fingerprint density at radius 1 is 1.10 bits per heavy atom. The summed E-state index contributed by atoms with van der Waals surface area (Å²) in [5.41, 5.74) is 1.24. The first kappa shape index (κ1) is 23.9. The molecule has 0 saturated carbocycles. The van der Waals surface area contributed by atoms with Crippen LogP contribution in [0.2, 0.25) is 0 Å². The number of amides is 2. The molecule has 0 unspecified atom stereocenters. The summed E-state index contributed by atoms with van der Waals surface area (Å²) in [6.45, 7) is 8.13. The molecule has 2 N–H and O–H groups in total. The lowest BCUT2D eigenvalue weighted by atomic mass is 9.92. The van der Waals surface area contributed by atoms with Crippen molar-refractivity contribution in [2.24, 2.45) is 5.41 Å². The van der Waals surface area contributed by atoms with E-state index in [-0.39, 0.29) is 35.4 Å². The molecule has 2 rings (SSSR count). The average molecular weight is 450 g/mol. The van der Waals surface area contributed by atoms with Crippen LogP contribution in [0.1, 0.15) is 39.8 Å². The number of nitrogens with one attached hydrogen (secondary N) is 2. The molecule has 0 atom stereocenters. The number of hydrogen-bond acceptors (Lipinski definition) is 7. The van der Waals surface area contributed by atoms with Gasteiger partial charge in [0.2, 0.25) is 11.8 Å². The summed E-state index contributed by atoms with van der Waals surface area (Å²) in [5.74, 6) is -0.315. The molecule has 0 bridgehead atoms. The highest BCUT2D eigenvalue weighted by Crippen LogP contribution is 2.23. The number of nitrogens with zero attached hydrogens (tertiary/aromatic N) is 1. The molecule has 1 aromatic heterocycles. The molecule has 0 aliphatic heterocycles. The zero-order valence-electron chi connectivity index (χ0n) is 17.6. The molecule has 162 valence electrons. The van der Waals surface area contributed by atoms with E-state index >= 15 is 0 Å². The molecule has 0 saturated heterocycles. The van der Waals surface area contributed by atoms with Gasteiger partial charge in [0, 0.05) is 22.4 Å². The van der Waals surface area contributed by atoms with Crippen molar-refractivity contribution in [2.45, 2.75) is 45.4 Å². The highest BCUT2D eigenvalue weighted by molar-refractivity contribution is 8.00. The Kier molecular flexibility index (Phi) is 8.86. The van der Waals surface area contributed by atoms with Crippen LogP contribution in [0.3, 0.4) is 0 Å². The van der Waals surface area contributed by atoms with Crippen LogP contribution in [-0.2, 0) is 25.5 Å². The van der Waals surface area contributed by atoms with Crippen LogP contribution >= 0.6 is 23.1 Å². The molecule has 9 heteroatoms. The molecular formula is C21H27N3O4S2. The summed E-state index contributed by atoms with van der Waals surface area (Å²) < 4.78 is 4.89. The molecule has 30 heavy (non-hydrogen) atoms. The molecule has 0 aliphatic rings. The second-order valence-electron chi connectivity index (χ2n) is 7.77. The minimum absolute atomic E-state index is 0.0203. The van der Waals surface area contributed by atoms with E-state index in [1.54, 1.807) is 12.3 Å². The van der Waals surface area contributed by atoms with Crippen LogP contribution in [-0.4, -0.2) is 35.1 Å². The molecule has 1 aromatic carbocycles. The van der Waals surface area contributed by atoms with E-state index in [0.29, 0.717) is 23.9 Å². The summed E-state index contributed by atoms with van der Waals surface area (Å²) in [6.07, 6.45) is 0.537. The van der Waals surface area contributed by atoms with E-state index in [4.69, 9.17) is 4.74 Å². The molecule has 0 spiro atoms. The topological polar surface area (TPSA) is 97.4 Å². The van der Waals surface area contributed by atoms with Crippen molar-refractivity contribution in [2.75, 3.05) is 23.0 Å². The summed E-state index contributed by atoms with van der Waals surface area (Å²) in [4.78, 5) is 40.8. The standard InChI is InChI=1S/C21H27N3O4S2/c1-5-28-19(27)10-15-12-30-20(23-15)24-18(26)13-29-16-8-6-14(7-9-16)22-17(25)11-21(2,3)4/h6-9,12H,5,10-11,13H2,1-4H3,(H,22,25)(H,23,24,26). The third-order valence-electron chi connectivity index (χ3n) is 3.63. The number of ether oxygens (including phenoxy) is 1. The average Bonchev–Trinajstić information content (AvgIpc) is 3.06. The first-order valence-corrected chi connectivity index (χ1v) is 11.4. The van der Waals surface area contributed by atoms with Crippen molar-refractivity contribution in [1.82, 2.24) is 4.98 Å². The first-order valence-electron chi connectivity index (χ1n) is 9.57. The second-order valence-corrected chi connectivity index (χ2v) is 9.68. The van der Waals surface area contributed by atoms with E-state index in [0.717, 1.165) is 10.6 Å². The highest BCUT2D eigenvalue weighted by Gasteiger charge is 2.16. The van der Waals surface area contributed by atoms with Gasteiger partial charge >= 0.3 is 5.97 Å².